The maximum atomic E-state index is 6.50. The van der Waals surface area contributed by atoms with Gasteiger partial charge in [-0.25, -0.2) is 0 Å². The van der Waals surface area contributed by atoms with Gasteiger partial charge in [-0.2, -0.15) is 5.11 Å². The number of hydrogen-bond acceptors (Lipinski definition) is 2. The molecule has 0 aromatic heterocycles. The summed E-state index contributed by atoms with van der Waals surface area (Å²) in [5.74, 6) is 0. The molecule has 0 radical (unpaired) electrons. The molecule has 0 rings (SSSR count). The van der Waals surface area contributed by atoms with Crippen molar-refractivity contribution in [1.82, 2.24) is 0 Å². The summed E-state index contributed by atoms with van der Waals surface area (Å²) in [4.78, 5) is 0. The Morgan fingerprint density at radius 1 is 1.38 bits per heavy atom. The lowest BCUT2D eigenvalue weighted by atomic mass is 10.1. The smallest absolute Gasteiger partial charge is 0.129 e. The van der Waals surface area contributed by atoms with Crippen LogP contribution in [0, 0.1) is 5.41 Å². The topological polar surface area (TPSA) is 48.6 Å². The highest BCUT2D eigenvalue weighted by Crippen LogP contribution is 2.05. The summed E-state index contributed by atoms with van der Waals surface area (Å²) in [5, 5.41) is 13.7. The number of rotatable bonds is 1. The molecule has 0 fully saturated rings. The third kappa shape index (κ3) is 5.27. The van der Waals surface area contributed by atoms with Gasteiger partial charge in [0.05, 0.1) is 5.54 Å². The van der Waals surface area contributed by atoms with Crippen molar-refractivity contribution in [3.8, 4) is 0 Å². The van der Waals surface area contributed by atoms with Crippen molar-refractivity contribution in [3.05, 3.63) is 0 Å². The number of nitrogens with one attached hydrogen (secondary N) is 1. The largest absolute Gasteiger partial charge is 0.288 e. The van der Waals surface area contributed by atoms with E-state index in [0.717, 1.165) is 6.34 Å². The van der Waals surface area contributed by atoms with E-state index in [4.69, 9.17) is 5.41 Å². The molecule has 0 amide bonds. The van der Waals surface area contributed by atoms with Crippen LogP contribution in [0.3, 0.4) is 0 Å². The first-order valence-corrected chi connectivity index (χ1v) is 2.47. The van der Waals surface area contributed by atoms with Crippen LogP contribution in [0.1, 0.15) is 20.8 Å². The molecule has 0 saturated heterocycles. The Morgan fingerprint density at radius 3 is 2.00 bits per heavy atom. The van der Waals surface area contributed by atoms with E-state index in [0.29, 0.717) is 0 Å². The molecule has 0 aromatic carbocycles. The van der Waals surface area contributed by atoms with Crippen molar-refractivity contribution >= 4 is 6.34 Å². The van der Waals surface area contributed by atoms with E-state index in [1.807, 2.05) is 20.8 Å². The van der Waals surface area contributed by atoms with Gasteiger partial charge in [0, 0.05) is 0 Å². The summed E-state index contributed by atoms with van der Waals surface area (Å²) in [7, 11) is 0. The minimum atomic E-state index is -0.141. The summed E-state index contributed by atoms with van der Waals surface area (Å²) in [5.41, 5.74) is -0.141. The number of nitrogens with zero attached hydrogens (tertiary/aromatic N) is 2. The zero-order valence-electron chi connectivity index (χ0n) is 5.47. The van der Waals surface area contributed by atoms with E-state index in [2.05, 4.69) is 10.2 Å². The van der Waals surface area contributed by atoms with Gasteiger partial charge in [-0.15, -0.1) is 5.11 Å². The third-order valence-corrected chi connectivity index (χ3v) is 0.415. The Kier molecular flexibility index (Phi) is 2.31. The summed E-state index contributed by atoms with van der Waals surface area (Å²) < 4.78 is 0. The highest BCUT2D eigenvalue weighted by Gasteiger charge is 2.04. The van der Waals surface area contributed by atoms with E-state index < -0.39 is 0 Å². The maximum Gasteiger partial charge on any atom is 0.129 e. The first kappa shape index (κ1) is 7.27. The lowest BCUT2D eigenvalue weighted by Crippen LogP contribution is -2.07. The molecule has 0 bridgehead atoms. The van der Waals surface area contributed by atoms with E-state index in [1.54, 1.807) is 0 Å². The van der Waals surface area contributed by atoms with Crippen LogP contribution in [0.5, 0.6) is 0 Å². The molecule has 0 heterocycles. The van der Waals surface area contributed by atoms with E-state index in [-0.39, 0.29) is 5.54 Å². The molecule has 3 heteroatoms. The van der Waals surface area contributed by atoms with Crippen LogP contribution in [0.4, 0.5) is 0 Å². The quantitative estimate of drug-likeness (QED) is 0.306. The van der Waals surface area contributed by atoms with Crippen LogP contribution in [0.15, 0.2) is 10.2 Å². The number of azo groups is 1. The van der Waals surface area contributed by atoms with Crippen LogP contribution in [-0.2, 0) is 0 Å². The van der Waals surface area contributed by atoms with Gasteiger partial charge in [-0.1, -0.05) is 0 Å². The van der Waals surface area contributed by atoms with E-state index >= 15 is 0 Å². The standard InChI is InChI=1S/C5H11N3/c1-5(2,3)8-7-4-6/h4,6H,1-3H3/b6-4?,8-7-. The monoisotopic (exact) mass is 113 g/mol. The van der Waals surface area contributed by atoms with Crippen molar-refractivity contribution < 1.29 is 0 Å². The highest BCUT2D eigenvalue weighted by atomic mass is 15.1. The molecule has 0 unspecified atom stereocenters. The molecule has 0 aliphatic heterocycles. The Bertz CT molecular complexity index is 98.7. The fourth-order valence-electron chi connectivity index (χ4n) is 0.202. The van der Waals surface area contributed by atoms with Crippen LogP contribution >= 0.6 is 0 Å². The second kappa shape index (κ2) is 2.55. The predicted molar refractivity (Wildman–Crippen MR) is 33.4 cm³/mol. The van der Waals surface area contributed by atoms with Crippen molar-refractivity contribution in [1.29, 1.82) is 5.41 Å². The SMILES string of the molecule is CC(C)(C)/N=N\C=N. The molecule has 1 N–H and O–H groups in total. The molecule has 0 aromatic rings. The van der Waals surface area contributed by atoms with Crippen LogP contribution in [0.2, 0.25) is 0 Å². The summed E-state index contributed by atoms with van der Waals surface area (Å²) >= 11 is 0. The zero-order chi connectivity index (χ0) is 6.62. The second-order valence-electron chi connectivity index (χ2n) is 2.52. The lowest BCUT2D eigenvalue weighted by molar-refractivity contribution is 0.555. The normalized spacial score (nSPS) is 12.4. The lowest BCUT2D eigenvalue weighted by Gasteiger charge is -2.06. The fraction of sp³-hybridized carbons (Fsp3) is 0.800. The van der Waals surface area contributed by atoms with Crippen LogP contribution < -0.4 is 0 Å². The molecule has 0 saturated carbocycles. The molecule has 0 aliphatic rings. The van der Waals surface area contributed by atoms with Gasteiger partial charge in [0.25, 0.3) is 0 Å². The minimum absolute atomic E-state index is 0.141. The molecule has 0 atom stereocenters. The van der Waals surface area contributed by atoms with E-state index in [9.17, 15) is 0 Å². The zero-order valence-corrected chi connectivity index (χ0v) is 5.47. The van der Waals surface area contributed by atoms with E-state index in [1.165, 1.54) is 0 Å². The first-order valence-electron chi connectivity index (χ1n) is 2.47. The minimum Gasteiger partial charge on any atom is -0.288 e. The highest BCUT2D eigenvalue weighted by molar-refractivity contribution is 5.49. The maximum absolute atomic E-state index is 6.50. The van der Waals surface area contributed by atoms with Gasteiger partial charge in [-0.05, 0) is 20.8 Å². The molecule has 8 heavy (non-hydrogen) atoms. The van der Waals surface area contributed by atoms with Gasteiger partial charge in [0.1, 0.15) is 6.34 Å². The Labute approximate surface area is 49.3 Å². The fourth-order valence-corrected chi connectivity index (χ4v) is 0.202. The average Bonchev–Trinajstić information content (AvgIpc) is 1.59. The van der Waals surface area contributed by atoms with Gasteiger partial charge in [-0.3, -0.25) is 5.41 Å². The first-order chi connectivity index (χ1) is 3.56. The van der Waals surface area contributed by atoms with Gasteiger partial charge in [0.2, 0.25) is 0 Å². The molecule has 0 spiro atoms. The van der Waals surface area contributed by atoms with Gasteiger partial charge < -0.3 is 0 Å². The third-order valence-electron chi connectivity index (χ3n) is 0.415. The Hall–Kier alpha value is -0.730. The Balaban J connectivity index is 3.69. The summed E-state index contributed by atoms with van der Waals surface area (Å²) in [6.45, 7) is 5.79. The van der Waals surface area contributed by atoms with Crippen molar-refractivity contribution in [3.63, 3.8) is 0 Å². The Morgan fingerprint density at radius 2 is 1.88 bits per heavy atom. The van der Waals surface area contributed by atoms with Crippen LogP contribution in [-0.4, -0.2) is 11.9 Å². The summed E-state index contributed by atoms with van der Waals surface area (Å²) in [6, 6.07) is 0. The second-order valence-corrected chi connectivity index (χ2v) is 2.52. The average molecular weight is 113 g/mol. The van der Waals surface area contributed by atoms with Gasteiger partial charge in [0.15, 0.2) is 0 Å². The molecule has 3 nitrogen and oxygen atoms in total. The number of hydrogen-bond donors (Lipinski definition) is 1. The molecule has 46 valence electrons. The van der Waals surface area contributed by atoms with Gasteiger partial charge >= 0.3 is 0 Å². The van der Waals surface area contributed by atoms with Crippen molar-refractivity contribution in [2.24, 2.45) is 10.2 Å². The summed E-state index contributed by atoms with van der Waals surface area (Å²) in [6.07, 6.45) is 0.936. The molecular weight excluding hydrogens is 102 g/mol. The van der Waals surface area contributed by atoms with Crippen LogP contribution in [0.25, 0.3) is 0 Å². The molecular formula is C5H11N3. The van der Waals surface area contributed by atoms with Crippen molar-refractivity contribution in [2.75, 3.05) is 0 Å². The van der Waals surface area contributed by atoms with Crippen molar-refractivity contribution in [2.45, 2.75) is 26.3 Å². The molecule has 0 aliphatic carbocycles. The predicted octanol–water partition coefficient (Wildman–Crippen LogP) is 1.84.